The standard InChI is InChI=1S/C17H25N3O/c21-17(15-9-6-10-18-15)19-13-16(20-11-4-5-12-20)14-7-2-1-3-8-14/h1-3,7-8,15-16,18H,4-6,9-13H2,(H,19,21)/t15-,16?/m0/s1. The Morgan fingerprint density at radius 2 is 2.00 bits per heavy atom. The van der Waals surface area contributed by atoms with Gasteiger partial charge in [-0.3, -0.25) is 9.69 Å². The van der Waals surface area contributed by atoms with Gasteiger partial charge in [-0.25, -0.2) is 0 Å². The normalized spacial score (nSPS) is 24.1. The Balaban J connectivity index is 1.63. The maximum Gasteiger partial charge on any atom is 0.237 e. The van der Waals surface area contributed by atoms with Crippen molar-refractivity contribution in [1.82, 2.24) is 15.5 Å². The van der Waals surface area contributed by atoms with Crippen molar-refractivity contribution >= 4 is 5.91 Å². The van der Waals surface area contributed by atoms with Crippen molar-refractivity contribution < 1.29 is 4.79 Å². The lowest BCUT2D eigenvalue weighted by Crippen LogP contribution is -2.44. The summed E-state index contributed by atoms with van der Waals surface area (Å²) in [5, 5.41) is 6.42. The highest BCUT2D eigenvalue weighted by atomic mass is 16.2. The van der Waals surface area contributed by atoms with Gasteiger partial charge in [0.2, 0.25) is 5.91 Å². The Morgan fingerprint density at radius 1 is 1.24 bits per heavy atom. The highest BCUT2D eigenvalue weighted by molar-refractivity contribution is 5.82. The molecular weight excluding hydrogens is 262 g/mol. The Kier molecular flexibility index (Phi) is 4.88. The van der Waals surface area contributed by atoms with Crippen LogP contribution in [-0.2, 0) is 4.79 Å². The first-order chi connectivity index (χ1) is 10.3. The predicted molar refractivity (Wildman–Crippen MR) is 84.0 cm³/mol. The zero-order valence-electron chi connectivity index (χ0n) is 12.6. The molecule has 4 heteroatoms. The van der Waals surface area contributed by atoms with Crippen LogP contribution in [0.3, 0.4) is 0 Å². The molecule has 3 rings (SSSR count). The van der Waals surface area contributed by atoms with Crippen LogP contribution in [-0.4, -0.2) is 43.0 Å². The van der Waals surface area contributed by atoms with E-state index in [1.807, 2.05) is 6.07 Å². The third kappa shape index (κ3) is 3.63. The van der Waals surface area contributed by atoms with Crippen molar-refractivity contribution in [2.45, 2.75) is 37.8 Å². The number of benzene rings is 1. The lowest BCUT2D eigenvalue weighted by atomic mass is 10.1. The topological polar surface area (TPSA) is 44.4 Å². The molecule has 2 aliphatic rings. The largest absolute Gasteiger partial charge is 0.353 e. The molecular formula is C17H25N3O. The summed E-state index contributed by atoms with van der Waals surface area (Å²) in [6, 6.07) is 10.9. The molecule has 1 unspecified atom stereocenters. The highest BCUT2D eigenvalue weighted by Crippen LogP contribution is 2.24. The maximum absolute atomic E-state index is 12.2. The molecule has 2 saturated heterocycles. The van der Waals surface area contributed by atoms with Crippen LogP contribution in [0.2, 0.25) is 0 Å². The molecule has 2 fully saturated rings. The second-order valence-electron chi connectivity index (χ2n) is 6.06. The van der Waals surface area contributed by atoms with E-state index in [4.69, 9.17) is 0 Å². The molecule has 2 atom stereocenters. The van der Waals surface area contributed by atoms with Crippen LogP contribution in [0, 0.1) is 0 Å². The molecule has 0 aromatic heterocycles. The molecule has 2 N–H and O–H groups in total. The van der Waals surface area contributed by atoms with E-state index in [1.165, 1.54) is 18.4 Å². The van der Waals surface area contributed by atoms with Crippen molar-refractivity contribution in [2.24, 2.45) is 0 Å². The summed E-state index contributed by atoms with van der Waals surface area (Å²) >= 11 is 0. The molecule has 21 heavy (non-hydrogen) atoms. The van der Waals surface area contributed by atoms with Gasteiger partial charge in [0.15, 0.2) is 0 Å². The van der Waals surface area contributed by atoms with Gasteiger partial charge in [0.1, 0.15) is 0 Å². The van der Waals surface area contributed by atoms with Crippen molar-refractivity contribution in [1.29, 1.82) is 0 Å². The molecule has 2 aliphatic heterocycles. The average molecular weight is 287 g/mol. The third-order valence-corrected chi connectivity index (χ3v) is 4.61. The maximum atomic E-state index is 12.2. The number of likely N-dealkylation sites (tertiary alicyclic amines) is 1. The van der Waals surface area contributed by atoms with Crippen LogP contribution >= 0.6 is 0 Å². The van der Waals surface area contributed by atoms with E-state index < -0.39 is 0 Å². The van der Waals surface area contributed by atoms with Crippen LogP contribution < -0.4 is 10.6 Å². The number of amides is 1. The molecule has 0 aliphatic carbocycles. The number of nitrogens with zero attached hydrogens (tertiary/aromatic N) is 1. The fourth-order valence-corrected chi connectivity index (χ4v) is 3.42. The van der Waals surface area contributed by atoms with E-state index in [-0.39, 0.29) is 11.9 Å². The number of hydrogen-bond acceptors (Lipinski definition) is 3. The lowest BCUT2D eigenvalue weighted by molar-refractivity contribution is -0.123. The molecule has 1 amide bonds. The Bertz CT molecular complexity index is 450. The van der Waals surface area contributed by atoms with E-state index in [0.717, 1.165) is 32.5 Å². The zero-order valence-corrected chi connectivity index (χ0v) is 12.6. The first kappa shape index (κ1) is 14.5. The summed E-state index contributed by atoms with van der Waals surface area (Å²) in [4.78, 5) is 14.7. The minimum absolute atomic E-state index is 0.0139. The monoisotopic (exact) mass is 287 g/mol. The summed E-state index contributed by atoms with van der Waals surface area (Å²) in [5.41, 5.74) is 1.30. The van der Waals surface area contributed by atoms with Crippen LogP contribution in [0.1, 0.15) is 37.3 Å². The highest BCUT2D eigenvalue weighted by Gasteiger charge is 2.26. The van der Waals surface area contributed by atoms with Crippen molar-refractivity contribution in [3.63, 3.8) is 0 Å². The Hall–Kier alpha value is -1.39. The van der Waals surface area contributed by atoms with E-state index in [1.54, 1.807) is 0 Å². The molecule has 0 bridgehead atoms. The summed E-state index contributed by atoms with van der Waals surface area (Å²) in [6.45, 7) is 3.95. The average Bonchev–Trinajstić information content (AvgIpc) is 3.22. The predicted octanol–water partition coefficient (Wildman–Crippen LogP) is 1.69. The van der Waals surface area contributed by atoms with Gasteiger partial charge in [-0.15, -0.1) is 0 Å². The number of hydrogen-bond donors (Lipinski definition) is 2. The molecule has 0 spiro atoms. The molecule has 0 saturated carbocycles. The number of carbonyl (C=O) groups is 1. The van der Waals surface area contributed by atoms with Gasteiger partial charge in [0, 0.05) is 6.54 Å². The Labute approximate surface area is 126 Å². The molecule has 1 aromatic rings. The molecule has 114 valence electrons. The smallest absolute Gasteiger partial charge is 0.237 e. The van der Waals surface area contributed by atoms with Gasteiger partial charge < -0.3 is 10.6 Å². The molecule has 4 nitrogen and oxygen atoms in total. The first-order valence-electron chi connectivity index (χ1n) is 8.15. The fraction of sp³-hybridized carbons (Fsp3) is 0.588. The van der Waals surface area contributed by atoms with Crippen LogP contribution in [0.15, 0.2) is 30.3 Å². The zero-order chi connectivity index (χ0) is 14.5. The lowest BCUT2D eigenvalue weighted by Gasteiger charge is -2.28. The van der Waals surface area contributed by atoms with Gasteiger partial charge in [0.25, 0.3) is 0 Å². The van der Waals surface area contributed by atoms with Crippen LogP contribution in [0.4, 0.5) is 0 Å². The van der Waals surface area contributed by atoms with E-state index in [2.05, 4.69) is 39.8 Å². The van der Waals surface area contributed by atoms with Crippen LogP contribution in [0.5, 0.6) is 0 Å². The van der Waals surface area contributed by atoms with Crippen molar-refractivity contribution in [3.8, 4) is 0 Å². The van der Waals surface area contributed by atoms with Crippen LogP contribution in [0.25, 0.3) is 0 Å². The van der Waals surface area contributed by atoms with Gasteiger partial charge in [0.05, 0.1) is 12.1 Å². The molecule has 0 radical (unpaired) electrons. The summed E-state index contributed by atoms with van der Waals surface area (Å²) in [6.07, 6.45) is 4.60. The van der Waals surface area contributed by atoms with E-state index in [0.29, 0.717) is 12.6 Å². The summed E-state index contributed by atoms with van der Waals surface area (Å²) < 4.78 is 0. The van der Waals surface area contributed by atoms with Crippen molar-refractivity contribution in [2.75, 3.05) is 26.2 Å². The minimum atomic E-state index is 0.0139. The number of carbonyl (C=O) groups excluding carboxylic acids is 1. The quantitative estimate of drug-likeness (QED) is 0.866. The number of rotatable bonds is 5. The van der Waals surface area contributed by atoms with Gasteiger partial charge in [-0.2, -0.15) is 0 Å². The minimum Gasteiger partial charge on any atom is -0.353 e. The molecule has 2 heterocycles. The fourth-order valence-electron chi connectivity index (χ4n) is 3.42. The second-order valence-corrected chi connectivity index (χ2v) is 6.06. The van der Waals surface area contributed by atoms with Gasteiger partial charge in [-0.05, 0) is 50.9 Å². The summed E-state index contributed by atoms with van der Waals surface area (Å²) in [7, 11) is 0. The third-order valence-electron chi connectivity index (χ3n) is 4.61. The van der Waals surface area contributed by atoms with Gasteiger partial charge in [-0.1, -0.05) is 30.3 Å². The first-order valence-corrected chi connectivity index (χ1v) is 8.15. The van der Waals surface area contributed by atoms with E-state index in [9.17, 15) is 4.79 Å². The van der Waals surface area contributed by atoms with E-state index >= 15 is 0 Å². The molecule has 1 aromatic carbocycles. The van der Waals surface area contributed by atoms with Gasteiger partial charge >= 0.3 is 0 Å². The SMILES string of the molecule is O=C(NCC(c1ccccc1)N1CCCC1)[C@@H]1CCCN1. The second kappa shape index (κ2) is 7.05. The van der Waals surface area contributed by atoms with Crippen molar-refractivity contribution in [3.05, 3.63) is 35.9 Å². The Morgan fingerprint density at radius 3 is 2.67 bits per heavy atom. The number of nitrogens with one attached hydrogen (secondary N) is 2. The summed E-state index contributed by atoms with van der Waals surface area (Å²) in [5.74, 6) is 0.160.